The van der Waals surface area contributed by atoms with Gasteiger partial charge in [0.25, 0.3) is 0 Å². The molecule has 0 fully saturated rings. The molecular weight excluding hydrogens is 206 g/mol. The Bertz CT molecular complexity index is 413. The van der Waals surface area contributed by atoms with Crippen LogP contribution in [-0.4, -0.2) is 13.1 Å². The Labute approximate surface area is 84.9 Å². The summed E-state index contributed by atoms with van der Waals surface area (Å²) in [6.07, 6.45) is 0. The van der Waals surface area contributed by atoms with Crippen molar-refractivity contribution in [2.75, 3.05) is 7.11 Å². The van der Waals surface area contributed by atoms with Gasteiger partial charge in [-0.2, -0.15) is 0 Å². The third-order valence-corrected chi connectivity index (χ3v) is 1.83. The third kappa shape index (κ3) is 2.16. The molecule has 0 saturated heterocycles. The molecule has 0 heterocycles. The number of ether oxygens (including phenoxy) is 1. The van der Waals surface area contributed by atoms with Crippen molar-refractivity contribution in [1.29, 1.82) is 0 Å². The Morgan fingerprint density at radius 2 is 2.36 bits per heavy atom. The SMILES string of the molecule is COC(=O)c1ccc(N=[N+]=[N-])cc1Cl. The summed E-state index contributed by atoms with van der Waals surface area (Å²) in [4.78, 5) is 13.7. The Kier molecular flexibility index (Phi) is 3.34. The van der Waals surface area contributed by atoms with Gasteiger partial charge in [0.2, 0.25) is 0 Å². The Hall–Kier alpha value is -1.71. The van der Waals surface area contributed by atoms with Crippen molar-refractivity contribution >= 4 is 23.3 Å². The fraction of sp³-hybridized carbons (Fsp3) is 0.125. The molecule has 0 saturated carbocycles. The second-order valence-electron chi connectivity index (χ2n) is 2.35. The van der Waals surface area contributed by atoms with Crippen molar-refractivity contribution in [2.45, 2.75) is 0 Å². The van der Waals surface area contributed by atoms with Crippen molar-refractivity contribution in [3.8, 4) is 0 Å². The van der Waals surface area contributed by atoms with Crippen molar-refractivity contribution < 1.29 is 9.53 Å². The molecule has 14 heavy (non-hydrogen) atoms. The van der Waals surface area contributed by atoms with Gasteiger partial charge >= 0.3 is 5.97 Å². The molecular formula is C8H6ClN3O2. The van der Waals surface area contributed by atoms with E-state index in [1.54, 1.807) is 0 Å². The topological polar surface area (TPSA) is 75.1 Å². The van der Waals surface area contributed by atoms with E-state index in [-0.39, 0.29) is 10.6 Å². The van der Waals surface area contributed by atoms with Gasteiger partial charge < -0.3 is 4.74 Å². The summed E-state index contributed by atoms with van der Waals surface area (Å²) in [6.45, 7) is 0. The summed E-state index contributed by atoms with van der Waals surface area (Å²) in [6, 6.07) is 4.32. The molecule has 0 aliphatic carbocycles. The van der Waals surface area contributed by atoms with Gasteiger partial charge in [-0.15, -0.1) is 0 Å². The second kappa shape index (κ2) is 4.50. The maximum Gasteiger partial charge on any atom is 0.339 e. The van der Waals surface area contributed by atoms with Gasteiger partial charge in [-0.3, -0.25) is 0 Å². The van der Waals surface area contributed by atoms with Crippen molar-refractivity contribution in [2.24, 2.45) is 5.11 Å². The molecule has 1 aromatic carbocycles. The number of hydrogen-bond donors (Lipinski definition) is 0. The highest BCUT2D eigenvalue weighted by molar-refractivity contribution is 6.33. The molecule has 0 unspecified atom stereocenters. The van der Waals surface area contributed by atoms with Crippen LogP contribution in [0.5, 0.6) is 0 Å². The van der Waals surface area contributed by atoms with E-state index in [9.17, 15) is 4.79 Å². The van der Waals surface area contributed by atoms with Crippen LogP contribution in [0.3, 0.4) is 0 Å². The first kappa shape index (κ1) is 10.4. The first-order valence-corrected chi connectivity index (χ1v) is 4.00. The molecule has 0 spiro atoms. The average Bonchev–Trinajstić information content (AvgIpc) is 2.17. The number of azide groups is 1. The summed E-state index contributed by atoms with van der Waals surface area (Å²) in [5, 5.41) is 3.53. The number of nitrogens with zero attached hydrogens (tertiary/aromatic N) is 3. The van der Waals surface area contributed by atoms with Crippen LogP contribution in [0.1, 0.15) is 10.4 Å². The van der Waals surface area contributed by atoms with Gasteiger partial charge in [-0.25, -0.2) is 4.79 Å². The molecule has 0 N–H and O–H groups in total. The lowest BCUT2D eigenvalue weighted by Crippen LogP contribution is -2.01. The highest BCUT2D eigenvalue weighted by Gasteiger charge is 2.09. The lowest BCUT2D eigenvalue weighted by molar-refractivity contribution is 0.0601. The van der Waals surface area contributed by atoms with E-state index in [0.717, 1.165) is 0 Å². The van der Waals surface area contributed by atoms with Gasteiger partial charge in [0.15, 0.2) is 0 Å². The smallest absolute Gasteiger partial charge is 0.339 e. The first-order chi connectivity index (χ1) is 6.69. The van der Waals surface area contributed by atoms with E-state index in [2.05, 4.69) is 14.8 Å². The van der Waals surface area contributed by atoms with Crippen LogP contribution < -0.4 is 0 Å². The molecule has 6 heteroatoms. The van der Waals surface area contributed by atoms with Crippen LogP contribution in [-0.2, 0) is 4.74 Å². The number of esters is 1. The number of benzene rings is 1. The van der Waals surface area contributed by atoms with E-state index < -0.39 is 5.97 Å². The largest absolute Gasteiger partial charge is 0.465 e. The molecule has 0 aliphatic rings. The Balaban J connectivity index is 3.13. The molecule has 0 amide bonds. The summed E-state index contributed by atoms with van der Waals surface area (Å²) in [7, 11) is 1.26. The van der Waals surface area contributed by atoms with Gasteiger partial charge in [0.05, 0.1) is 17.7 Å². The summed E-state index contributed by atoms with van der Waals surface area (Å²) >= 11 is 5.75. The van der Waals surface area contributed by atoms with E-state index in [4.69, 9.17) is 17.1 Å². The van der Waals surface area contributed by atoms with E-state index in [1.165, 1.54) is 25.3 Å². The molecule has 72 valence electrons. The number of halogens is 1. The monoisotopic (exact) mass is 211 g/mol. The van der Waals surface area contributed by atoms with Crippen LogP contribution in [0.15, 0.2) is 23.3 Å². The highest BCUT2D eigenvalue weighted by atomic mass is 35.5. The predicted molar refractivity (Wildman–Crippen MR) is 51.6 cm³/mol. The number of carbonyl (C=O) groups excluding carboxylic acids is 1. The standard InChI is InChI=1S/C8H6ClN3O2/c1-14-8(13)6-3-2-5(11-12-10)4-7(6)9/h2-4H,1H3. The van der Waals surface area contributed by atoms with Crippen LogP contribution >= 0.6 is 11.6 Å². The summed E-state index contributed by atoms with van der Waals surface area (Å²) in [5.74, 6) is -0.525. The maximum absolute atomic E-state index is 11.1. The van der Waals surface area contributed by atoms with Crippen LogP contribution in [0.2, 0.25) is 5.02 Å². The molecule has 0 atom stereocenters. The van der Waals surface area contributed by atoms with Gasteiger partial charge in [0.1, 0.15) is 0 Å². The maximum atomic E-state index is 11.1. The van der Waals surface area contributed by atoms with Crippen molar-refractivity contribution in [3.63, 3.8) is 0 Å². The van der Waals surface area contributed by atoms with E-state index in [0.29, 0.717) is 5.69 Å². The normalized spacial score (nSPS) is 9.00. The highest BCUT2D eigenvalue weighted by Crippen LogP contribution is 2.23. The predicted octanol–water partition coefficient (Wildman–Crippen LogP) is 3.07. The fourth-order valence-electron chi connectivity index (χ4n) is 0.893. The Morgan fingerprint density at radius 3 is 2.86 bits per heavy atom. The number of methoxy groups -OCH3 is 1. The van der Waals surface area contributed by atoms with Crippen LogP contribution in [0, 0.1) is 0 Å². The average molecular weight is 212 g/mol. The molecule has 0 bridgehead atoms. The van der Waals surface area contributed by atoms with Crippen LogP contribution in [0.4, 0.5) is 5.69 Å². The number of hydrogen-bond acceptors (Lipinski definition) is 3. The lowest BCUT2D eigenvalue weighted by Gasteiger charge is -2.01. The lowest BCUT2D eigenvalue weighted by atomic mass is 10.2. The quantitative estimate of drug-likeness (QED) is 0.326. The molecule has 0 aromatic heterocycles. The molecule has 1 rings (SSSR count). The number of rotatable bonds is 2. The first-order valence-electron chi connectivity index (χ1n) is 3.62. The van der Waals surface area contributed by atoms with E-state index >= 15 is 0 Å². The van der Waals surface area contributed by atoms with Gasteiger partial charge in [0, 0.05) is 10.6 Å². The zero-order valence-electron chi connectivity index (χ0n) is 7.27. The molecule has 0 radical (unpaired) electrons. The fourth-order valence-corrected chi connectivity index (χ4v) is 1.15. The zero-order chi connectivity index (χ0) is 10.6. The number of carbonyl (C=O) groups is 1. The second-order valence-corrected chi connectivity index (χ2v) is 2.75. The van der Waals surface area contributed by atoms with E-state index in [1.807, 2.05) is 0 Å². The minimum atomic E-state index is -0.525. The zero-order valence-corrected chi connectivity index (χ0v) is 8.02. The summed E-state index contributed by atoms with van der Waals surface area (Å²) in [5.41, 5.74) is 8.75. The van der Waals surface area contributed by atoms with Crippen molar-refractivity contribution in [3.05, 3.63) is 39.2 Å². The molecule has 5 nitrogen and oxygen atoms in total. The van der Waals surface area contributed by atoms with Gasteiger partial charge in [-0.05, 0) is 17.7 Å². The van der Waals surface area contributed by atoms with Crippen molar-refractivity contribution in [1.82, 2.24) is 0 Å². The van der Waals surface area contributed by atoms with Crippen LogP contribution in [0.25, 0.3) is 10.4 Å². The molecule has 1 aromatic rings. The minimum Gasteiger partial charge on any atom is -0.465 e. The third-order valence-electron chi connectivity index (χ3n) is 1.52. The Morgan fingerprint density at radius 1 is 1.64 bits per heavy atom. The summed E-state index contributed by atoms with van der Waals surface area (Å²) < 4.78 is 4.49. The molecule has 0 aliphatic heterocycles. The van der Waals surface area contributed by atoms with Gasteiger partial charge in [-0.1, -0.05) is 22.8 Å². The minimum absolute atomic E-state index is 0.196.